The number of anilines is 1. The van der Waals surface area contributed by atoms with Gasteiger partial charge in [-0.3, -0.25) is 9.52 Å². The van der Waals surface area contributed by atoms with Gasteiger partial charge in [0.05, 0.1) is 0 Å². The minimum Gasteiger partial charge on any atom is -0.295 e. The molecule has 0 amide bonds. The number of benzene rings is 1. The van der Waals surface area contributed by atoms with E-state index in [-0.39, 0.29) is 5.78 Å². The van der Waals surface area contributed by atoms with Gasteiger partial charge >= 0.3 is 10.2 Å². The molecule has 6 heteroatoms. The van der Waals surface area contributed by atoms with Crippen LogP contribution in [0.2, 0.25) is 0 Å². The van der Waals surface area contributed by atoms with Gasteiger partial charge in [0.25, 0.3) is 0 Å². The van der Waals surface area contributed by atoms with Crippen molar-refractivity contribution in [3.63, 3.8) is 0 Å². The van der Waals surface area contributed by atoms with E-state index >= 15 is 0 Å². The summed E-state index contributed by atoms with van der Waals surface area (Å²) < 4.78 is 27.9. The Balaban J connectivity index is 2.11. The molecule has 1 aliphatic rings. The summed E-state index contributed by atoms with van der Waals surface area (Å²) in [6, 6.07) is 6.43. The Hall–Kier alpha value is -1.40. The Morgan fingerprint density at radius 2 is 1.72 bits per heavy atom. The van der Waals surface area contributed by atoms with E-state index < -0.39 is 10.2 Å². The molecule has 0 spiro atoms. The maximum Gasteiger partial charge on any atom is 0.301 e. The lowest BCUT2D eigenvalue weighted by Crippen LogP contribution is -2.33. The van der Waals surface area contributed by atoms with E-state index in [4.69, 9.17) is 0 Å². The minimum absolute atomic E-state index is 0.0380. The predicted octanol–water partition coefficient (Wildman–Crippen LogP) is 1.64. The first-order valence-electron chi connectivity index (χ1n) is 5.88. The molecule has 0 aliphatic carbocycles. The molecule has 0 radical (unpaired) electrons. The molecular formula is C12H16N2O3S. The molecule has 2 rings (SSSR count). The molecule has 1 aromatic rings. The van der Waals surface area contributed by atoms with Crippen LogP contribution in [0.25, 0.3) is 0 Å². The van der Waals surface area contributed by atoms with Crippen molar-refractivity contribution in [3.8, 4) is 0 Å². The molecule has 1 saturated heterocycles. The molecule has 0 atom stereocenters. The van der Waals surface area contributed by atoms with E-state index in [1.54, 1.807) is 24.3 Å². The second-order valence-electron chi connectivity index (χ2n) is 4.35. The van der Waals surface area contributed by atoms with Gasteiger partial charge in [-0.2, -0.15) is 12.7 Å². The van der Waals surface area contributed by atoms with Crippen LogP contribution >= 0.6 is 0 Å². The molecule has 1 aliphatic heterocycles. The van der Waals surface area contributed by atoms with Crippen molar-refractivity contribution in [2.45, 2.75) is 19.8 Å². The fourth-order valence-electron chi connectivity index (χ4n) is 1.91. The maximum absolute atomic E-state index is 12.0. The zero-order chi connectivity index (χ0) is 13.2. The standard InChI is InChI=1S/C12H16N2O3S/c1-10(15)11-4-6-12(7-5-11)13-18(16,17)14-8-2-3-9-14/h4-7,13H,2-3,8-9H2,1H3. The molecule has 0 saturated carbocycles. The summed E-state index contributed by atoms with van der Waals surface area (Å²) in [5.41, 5.74) is 1.05. The van der Waals surface area contributed by atoms with Crippen molar-refractivity contribution in [3.05, 3.63) is 29.8 Å². The first-order valence-corrected chi connectivity index (χ1v) is 7.32. The summed E-state index contributed by atoms with van der Waals surface area (Å²) in [7, 11) is -3.45. The SMILES string of the molecule is CC(=O)c1ccc(NS(=O)(=O)N2CCCC2)cc1. The lowest BCUT2D eigenvalue weighted by Gasteiger charge is -2.16. The van der Waals surface area contributed by atoms with Crippen LogP contribution in [-0.4, -0.2) is 31.6 Å². The van der Waals surface area contributed by atoms with Crippen molar-refractivity contribution in [2.75, 3.05) is 17.8 Å². The summed E-state index contributed by atoms with van der Waals surface area (Å²) in [4.78, 5) is 11.1. The largest absolute Gasteiger partial charge is 0.301 e. The first-order chi connectivity index (χ1) is 8.49. The molecule has 0 aromatic heterocycles. The minimum atomic E-state index is -3.45. The molecule has 98 valence electrons. The van der Waals surface area contributed by atoms with E-state index in [2.05, 4.69) is 4.72 Å². The van der Waals surface area contributed by atoms with Gasteiger partial charge in [-0.05, 0) is 44.0 Å². The predicted molar refractivity (Wildman–Crippen MR) is 69.8 cm³/mol. The number of ketones is 1. The summed E-state index contributed by atoms with van der Waals surface area (Å²) in [5.74, 6) is -0.0380. The number of carbonyl (C=O) groups is 1. The summed E-state index contributed by atoms with van der Waals surface area (Å²) in [6.45, 7) is 2.62. The Morgan fingerprint density at radius 1 is 1.17 bits per heavy atom. The fourth-order valence-corrected chi connectivity index (χ4v) is 3.22. The molecule has 5 nitrogen and oxygen atoms in total. The van der Waals surface area contributed by atoms with Crippen LogP contribution in [0, 0.1) is 0 Å². The molecule has 1 fully saturated rings. The number of hydrogen-bond acceptors (Lipinski definition) is 3. The van der Waals surface area contributed by atoms with Gasteiger partial charge in [0, 0.05) is 24.3 Å². The van der Waals surface area contributed by atoms with E-state index in [0.717, 1.165) is 12.8 Å². The number of rotatable bonds is 4. The normalized spacial score (nSPS) is 16.7. The summed E-state index contributed by atoms with van der Waals surface area (Å²) in [6.07, 6.45) is 1.81. The van der Waals surface area contributed by atoms with Gasteiger partial charge in [-0.15, -0.1) is 0 Å². The van der Waals surface area contributed by atoms with E-state index in [1.165, 1.54) is 11.2 Å². The lowest BCUT2D eigenvalue weighted by molar-refractivity contribution is 0.101. The third-order valence-electron chi connectivity index (χ3n) is 2.94. The second-order valence-corrected chi connectivity index (χ2v) is 6.02. The summed E-state index contributed by atoms with van der Waals surface area (Å²) >= 11 is 0. The number of nitrogens with zero attached hydrogens (tertiary/aromatic N) is 1. The average molecular weight is 268 g/mol. The molecule has 18 heavy (non-hydrogen) atoms. The molecular weight excluding hydrogens is 252 g/mol. The lowest BCUT2D eigenvalue weighted by atomic mass is 10.1. The smallest absolute Gasteiger partial charge is 0.295 e. The highest BCUT2D eigenvalue weighted by atomic mass is 32.2. The zero-order valence-electron chi connectivity index (χ0n) is 10.2. The third-order valence-corrected chi connectivity index (χ3v) is 4.48. The van der Waals surface area contributed by atoms with Crippen LogP contribution in [0.5, 0.6) is 0 Å². The van der Waals surface area contributed by atoms with Gasteiger partial charge in [0.2, 0.25) is 0 Å². The number of carbonyl (C=O) groups excluding carboxylic acids is 1. The highest BCUT2D eigenvalue weighted by Gasteiger charge is 2.24. The van der Waals surface area contributed by atoms with Crippen molar-refractivity contribution in [1.82, 2.24) is 4.31 Å². The van der Waals surface area contributed by atoms with Gasteiger partial charge in [-0.25, -0.2) is 0 Å². The van der Waals surface area contributed by atoms with Crippen LogP contribution in [0.15, 0.2) is 24.3 Å². The number of Topliss-reactive ketones (excluding diaryl/α,β-unsaturated/α-hetero) is 1. The average Bonchev–Trinajstić information content (AvgIpc) is 2.83. The molecule has 1 heterocycles. The van der Waals surface area contributed by atoms with Crippen molar-refractivity contribution < 1.29 is 13.2 Å². The zero-order valence-corrected chi connectivity index (χ0v) is 11.0. The van der Waals surface area contributed by atoms with Gasteiger partial charge in [0.15, 0.2) is 5.78 Å². The van der Waals surface area contributed by atoms with Gasteiger partial charge in [-0.1, -0.05) is 0 Å². The van der Waals surface area contributed by atoms with Crippen LogP contribution in [0.3, 0.4) is 0 Å². The highest BCUT2D eigenvalue weighted by Crippen LogP contribution is 2.17. The quantitative estimate of drug-likeness (QED) is 0.844. The molecule has 1 N–H and O–H groups in total. The first kappa shape index (κ1) is 13.0. The van der Waals surface area contributed by atoms with Gasteiger partial charge in [0.1, 0.15) is 0 Å². The Morgan fingerprint density at radius 3 is 2.22 bits per heavy atom. The molecule has 0 unspecified atom stereocenters. The van der Waals surface area contributed by atoms with Crippen LogP contribution in [0.1, 0.15) is 30.1 Å². The van der Waals surface area contributed by atoms with Gasteiger partial charge < -0.3 is 0 Å². The Bertz CT molecular complexity index is 531. The van der Waals surface area contributed by atoms with E-state index in [1.807, 2.05) is 0 Å². The van der Waals surface area contributed by atoms with Crippen molar-refractivity contribution >= 4 is 21.7 Å². The van der Waals surface area contributed by atoms with Crippen LogP contribution < -0.4 is 4.72 Å². The topological polar surface area (TPSA) is 66.5 Å². The van der Waals surface area contributed by atoms with E-state index in [9.17, 15) is 13.2 Å². The van der Waals surface area contributed by atoms with Crippen LogP contribution in [0.4, 0.5) is 5.69 Å². The maximum atomic E-state index is 12.0. The van der Waals surface area contributed by atoms with Crippen molar-refractivity contribution in [1.29, 1.82) is 0 Å². The molecule has 0 bridgehead atoms. The number of hydrogen-bond donors (Lipinski definition) is 1. The third kappa shape index (κ3) is 2.88. The van der Waals surface area contributed by atoms with E-state index in [0.29, 0.717) is 24.3 Å². The Kier molecular flexibility index (Phi) is 3.68. The number of nitrogens with one attached hydrogen (secondary N) is 1. The van der Waals surface area contributed by atoms with Crippen molar-refractivity contribution in [2.24, 2.45) is 0 Å². The monoisotopic (exact) mass is 268 g/mol. The Labute approximate surface area is 107 Å². The molecule has 1 aromatic carbocycles. The highest BCUT2D eigenvalue weighted by molar-refractivity contribution is 7.90. The summed E-state index contributed by atoms with van der Waals surface area (Å²) in [5, 5.41) is 0. The second kappa shape index (κ2) is 5.07. The van der Waals surface area contributed by atoms with Crippen LogP contribution in [-0.2, 0) is 10.2 Å². The fraction of sp³-hybridized carbons (Fsp3) is 0.417.